The van der Waals surface area contributed by atoms with Crippen molar-refractivity contribution in [3.05, 3.63) is 35.4 Å². The molecule has 4 heteroatoms. The van der Waals surface area contributed by atoms with Gasteiger partial charge in [-0.05, 0) is 37.1 Å². The fourth-order valence-electron chi connectivity index (χ4n) is 1.53. The van der Waals surface area contributed by atoms with Crippen LogP contribution >= 0.6 is 0 Å². The molecule has 1 aromatic rings. The van der Waals surface area contributed by atoms with Crippen molar-refractivity contribution in [2.75, 3.05) is 6.54 Å². The largest absolute Gasteiger partial charge is 0.370 e. The summed E-state index contributed by atoms with van der Waals surface area (Å²) in [6.45, 7) is 1.59. The van der Waals surface area contributed by atoms with Crippen LogP contribution in [0.3, 0.4) is 0 Å². The molecule has 0 aliphatic carbocycles. The molecule has 0 aliphatic heterocycles. The zero-order chi connectivity index (χ0) is 12.5. The van der Waals surface area contributed by atoms with Crippen molar-refractivity contribution in [2.24, 2.45) is 5.73 Å². The zero-order valence-corrected chi connectivity index (χ0v) is 9.78. The highest BCUT2D eigenvalue weighted by atomic mass is 16.1. The fourth-order valence-corrected chi connectivity index (χ4v) is 1.53. The van der Waals surface area contributed by atoms with Crippen LogP contribution in [0.4, 0.5) is 0 Å². The number of hydrogen-bond acceptors (Lipinski definition) is 3. The second-order valence-corrected chi connectivity index (χ2v) is 3.91. The molecule has 1 aromatic carbocycles. The first-order valence-corrected chi connectivity index (χ1v) is 5.70. The van der Waals surface area contributed by atoms with E-state index in [9.17, 15) is 4.79 Å². The second-order valence-electron chi connectivity index (χ2n) is 3.91. The highest BCUT2D eigenvalue weighted by Crippen LogP contribution is 2.03. The first kappa shape index (κ1) is 13.2. The monoisotopic (exact) mass is 231 g/mol. The Morgan fingerprint density at radius 1 is 1.41 bits per heavy atom. The molecular formula is C13H17N3O. The lowest BCUT2D eigenvalue weighted by Crippen LogP contribution is -2.16. The van der Waals surface area contributed by atoms with E-state index in [0.717, 1.165) is 31.5 Å². The molecule has 0 aliphatic rings. The molecule has 0 unspecified atom stereocenters. The molecule has 0 saturated heterocycles. The van der Waals surface area contributed by atoms with Crippen LogP contribution in [0.15, 0.2) is 24.3 Å². The van der Waals surface area contributed by atoms with E-state index in [2.05, 4.69) is 11.4 Å². The summed E-state index contributed by atoms with van der Waals surface area (Å²) in [4.78, 5) is 10.5. The Morgan fingerprint density at radius 3 is 2.94 bits per heavy atom. The van der Waals surface area contributed by atoms with Gasteiger partial charge in [0.2, 0.25) is 5.91 Å². The van der Waals surface area contributed by atoms with Crippen molar-refractivity contribution in [2.45, 2.75) is 25.8 Å². The Bertz CT molecular complexity index is 409. The molecular weight excluding hydrogens is 214 g/mol. The number of amides is 1. The molecule has 0 spiro atoms. The molecule has 0 fully saturated rings. The molecule has 90 valence electrons. The summed E-state index contributed by atoms with van der Waals surface area (Å²) in [7, 11) is 0. The van der Waals surface area contributed by atoms with Crippen LogP contribution in [0.2, 0.25) is 0 Å². The minimum absolute atomic E-state index is 0.244. The standard InChI is InChI=1S/C13H17N3O/c14-9-11-4-3-5-12(8-11)10-16-7-2-1-6-13(15)17/h3-5,8,16H,1-2,6-7,10H2,(H2,15,17). The molecule has 17 heavy (non-hydrogen) atoms. The zero-order valence-electron chi connectivity index (χ0n) is 9.78. The number of nitrogens with two attached hydrogens (primary N) is 1. The van der Waals surface area contributed by atoms with Crippen molar-refractivity contribution in [1.29, 1.82) is 5.26 Å². The van der Waals surface area contributed by atoms with E-state index in [-0.39, 0.29) is 5.91 Å². The molecule has 1 amide bonds. The third-order valence-electron chi connectivity index (χ3n) is 2.41. The summed E-state index contributed by atoms with van der Waals surface area (Å²) in [5.74, 6) is -0.244. The van der Waals surface area contributed by atoms with E-state index in [1.165, 1.54) is 0 Å². The van der Waals surface area contributed by atoms with Gasteiger partial charge in [0.1, 0.15) is 0 Å². The summed E-state index contributed by atoms with van der Waals surface area (Å²) in [5.41, 5.74) is 6.82. The summed E-state index contributed by atoms with van der Waals surface area (Å²) in [5, 5.41) is 12.0. The molecule has 1 rings (SSSR count). The number of nitrogens with zero attached hydrogens (tertiary/aromatic N) is 1. The Kier molecular flexibility index (Phi) is 5.76. The van der Waals surface area contributed by atoms with Crippen LogP contribution in [-0.4, -0.2) is 12.5 Å². The van der Waals surface area contributed by atoms with Crippen LogP contribution in [0.25, 0.3) is 0 Å². The number of nitriles is 1. The van der Waals surface area contributed by atoms with Gasteiger partial charge in [-0.25, -0.2) is 0 Å². The smallest absolute Gasteiger partial charge is 0.217 e. The maximum Gasteiger partial charge on any atom is 0.217 e. The summed E-state index contributed by atoms with van der Waals surface area (Å²) >= 11 is 0. The maximum absolute atomic E-state index is 10.5. The molecule has 0 atom stereocenters. The van der Waals surface area contributed by atoms with Gasteiger partial charge in [0.25, 0.3) is 0 Å². The normalized spacial score (nSPS) is 9.82. The van der Waals surface area contributed by atoms with Gasteiger partial charge in [-0.15, -0.1) is 0 Å². The Hall–Kier alpha value is -1.86. The average Bonchev–Trinajstić information content (AvgIpc) is 2.33. The molecule has 0 bridgehead atoms. The van der Waals surface area contributed by atoms with E-state index in [0.29, 0.717) is 12.0 Å². The van der Waals surface area contributed by atoms with Gasteiger partial charge in [0, 0.05) is 13.0 Å². The minimum atomic E-state index is -0.244. The number of rotatable bonds is 7. The van der Waals surface area contributed by atoms with Crippen LogP contribution in [0, 0.1) is 11.3 Å². The predicted octanol–water partition coefficient (Wildman–Crippen LogP) is 1.30. The molecule has 0 heterocycles. The van der Waals surface area contributed by atoms with Gasteiger partial charge < -0.3 is 11.1 Å². The quantitative estimate of drug-likeness (QED) is 0.694. The highest BCUT2D eigenvalue weighted by molar-refractivity contribution is 5.73. The van der Waals surface area contributed by atoms with Gasteiger partial charge in [0.15, 0.2) is 0 Å². The lowest BCUT2D eigenvalue weighted by molar-refractivity contribution is -0.118. The number of carbonyl (C=O) groups excluding carboxylic acids is 1. The van der Waals surface area contributed by atoms with Crippen molar-refractivity contribution in [3.63, 3.8) is 0 Å². The van der Waals surface area contributed by atoms with Gasteiger partial charge in [-0.2, -0.15) is 5.26 Å². The highest BCUT2D eigenvalue weighted by Gasteiger charge is 1.96. The third-order valence-corrected chi connectivity index (χ3v) is 2.41. The van der Waals surface area contributed by atoms with Crippen molar-refractivity contribution in [1.82, 2.24) is 5.32 Å². The number of nitrogens with one attached hydrogen (secondary N) is 1. The third kappa shape index (κ3) is 5.69. The van der Waals surface area contributed by atoms with E-state index in [1.54, 1.807) is 6.07 Å². The maximum atomic E-state index is 10.5. The summed E-state index contributed by atoms with van der Waals surface area (Å²) < 4.78 is 0. The van der Waals surface area contributed by atoms with E-state index in [1.807, 2.05) is 18.2 Å². The number of carbonyl (C=O) groups is 1. The predicted molar refractivity (Wildman–Crippen MR) is 65.9 cm³/mol. The molecule has 0 saturated carbocycles. The first-order chi connectivity index (χ1) is 8.22. The van der Waals surface area contributed by atoms with E-state index < -0.39 is 0 Å². The number of benzene rings is 1. The number of primary amides is 1. The van der Waals surface area contributed by atoms with Crippen molar-refractivity contribution in [3.8, 4) is 6.07 Å². The van der Waals surface area contributed by atoms with E-state index >= 15 is 0 Å². The first-order valence-electron chi connectivity index (χ1n) is 5.70. The fraction of sp³-hybridized carbons (Fsp3) is 0.385. The number of hydrogen-bond donors (Lipinski definition) is 2. The Morgan fingerprint density at radius 2 is 2.24 bits per heavy atom. The van der Waals surface area contributed by atoms with Crippen LogP contribution < -0.4 is 11.1 Å². The molecule has 3 N–H and O–H groups in total. The average molecular weight is 231 g/mol. The van der Waals surface area contributed by atoms with Gasteiger partial charge in [0.05, 0.1) is 11.6 Å². The van der Waals surface area contributed by atoms with Crippen LogP contribution in [0.5, 0.6) is 0 Å². The minimum Gasteiger partial charge on any atom is -0.370 e. The summed E-state index contributed by atoms with van der Waals surface area (Å²) in [6, 6.07) is 9.63. The van der Waals surface area contributed by atoms with Gasteiger partial charge in [-0.3, -0.25) is 4.79 Å². The molecule has 0 aromatic heterocycles. The molecule has 4 nitrogen and oxygen atoms in total. The van der Waals surface area contributed by atoms with Gasteiger partial charge >= 0.3 is 0 Å². The number of unbranched alkanes of at least 4 members (excludes halogenated alkanes) is 1. The van der Waals surface area contributed by atoms with Crippen molar-refractivity contribution >= 4 is 5.91 Å². The van der Waals surface area contributed by atoms with Gasteiger partial charge in [-0.1, -0.05) is 12.1 Å². The molecule has 0 radical (unpaired) electrons. The Labute approximate surface area is 101 Å². The van der Waals surface area contributed by atoms with E-state index in [4.69, 9.17) is 11.0 Å². The second kappa shape index (κ2) is 7.42. The van der Waals surface area contributed by atoms with Crippen molar-refractivity contribution < 1.29 is 4.79 Å². The Balaban J connectivity index is 2.18. The van der Waals surface area contributed by atoms with Crippen LogP contribution in [0.1, 0.15) is 30.4 Å². The van der Waals surface area contributed by atoms with Crippen LogP contribution in [-0.2, 0) is 11.3 Å². The topological polar surface area (TPSA) is 78.9 Å². The lowest BCUT2D eigenvalue weighted by atomic mass is 10.1. The summed E-state index contributed by atoms with van der Waals surface area (Å²) in [6.07, 6.45) is 2.20. The lowest BCUT2D eigenvalue weighted by Gasteiger charge is -2.04. The SMILES string of the molecule is N#Cc1cccc(CNCCCCC(N)=O)c1.